The summed E-state index contributed by atoms with van der Waals surface area (Å²) in [5.74, 6) is 0.917. The summed E-state index contributed by atoms with van der Waals surface area (Å²) in [7, 11) is 1.93. The van der Waals surface area contributed by atoms with Gasteiger partial charge in [0, 0.05) is 25.8 Å². The molecule has 0 fully saturated rings. The normalized spacial score (nSPS) is 12.7. The molecule has 20 heavy (non-hydrogen) atoms. The van der Waals surface area contributed by atoms with Gasteiger partial charge in [0.15, 0.2) is 0 Å². The molecule has 0 bridgehead atoms. The zero-order valence-corrected chi connectivity index (χ0v) is 12.6. The van der Waals surface area contributed by atoms with Gasteiger partial charge in [0.25, 0.3) is 0 Å². The molecule has 1 aromatic carbocycles. The number of nitrogens with zero attached hydrogens (tertiary/aromatic N) is 2. The molecule has 0 spiro atoms. The number of nitrogens with one attached hydrogen (secondary N) is 1. The fourth-order valence-electron chi connectivity index (χ4n) is 2.04. The third-order valence-electron chi connectivity index (χ3n) is 3.11. The molecule has 4 heteroatoms. The minimum Gasteiger partial charge on any atom is -0.491 e. The molecule has 1 atom stereocenters. The summed E-state index contributed by atoms with van der Waals surface area (Å²) >= 11 is 0. The van der Waals surface area contributed by atoms with Gasteiger partial charge < -0.3 is 10.1 Å². The van der Waals surface area contributed by atoms with Crippen LogP contribution in [0.15, 0.2) is 36.5 Å². The minimum atomic E-state index is 0.209. The first kappa shape index (κ1) is 14.6. The first-order valence-electron chi connectivity index (χ1n) is 7.03. The maximum atomic E-state index is 5.65. The van der Waals surface area contributed by atoms with Crippen molar-refractivity contribution in [2.75, 3.05) is 0 Å². The molecule has 0 saturated carbocycles. The van der Waals surface area contributed by atoms with Crippen LogP contribution in [0.3, 0.4) is 0 Å². The highest BCUT2D eigenvalue weighted by molar-refractivity contribution is 5.29. The van der Waals surface area contributed by atoms with Gasteiger partial charge in [-0.25, -0.2) is 0 Å². The summed E-state index contributed by atoms with van der Waals surface area (Å²) in [6.45, 7) is 6.99. The first-order chi connectivity index (χ1) is 9.54. The minimum absolute atomic E-state index is 0.209. The Kier molecular flexibility index (Phi) is 4.79. The van der Waals surface area contributed by atoms with Crippen molar-refractivity contribution in [1.29, 1.82) is 0 Å². The van der Waals surface area contributed by atoms with Crippen molar-refractivity contribution < 1.29 is 4.74 Å². The van der Waals surface area contributed by atoms with Crippen LogP contribution < -0.4 is 10.1 Å². The highest BCUT2D eigenvalue weighted by Gasteiger charge is 2.06. The smallest absolute Gasteiger partial charge is 0.119 e. The van der Waals surface area contributed by atoms with E-state index in [9.17, 15) is 0 Å². The van der Waals surface area contributed by atoms with Crippen LogP contribution in [0.2, 0.25) is 0 Å². The Morgan fingerprint density at radius 1 is 1.15 bits per heavy atom. The SMILES string of the molecule is CC(C)Oc1ccc(C(C)NCc2ccn(C)n2)cc1. The topological polar surface area (TPSA) is 39.1 Å². The summed E-state index contributed by atoms with van der Waals surface area (Å²) in [4.78, 5) is 0. The third kappa shape index (κ3) is 4.10. The van der Waals surface area contributed by atoms with Gasteiger partial charge in [0.2, 0.25) is 0 Å². The molecule has 108 valence electrons. The molecule has 4 nitrogen and oxygen atoms in total. The Labute approximate surface area is 120 Å². The summed E-state index contributed by atoms with van der Waals surface area (Å²) in [6.07, 6.45) is 2.17. The summed E-state index contributed by atoms with van der Waals surface area (Å²) in [5.41, 5.74) is 2.30. The van der Waals surface area contributed by atoms with Crippen molar-refractivity contribution in [1.82, 2.24) is 15.1 Å². The van der Waals surface area contributed by atoms with Crippen LogP contribution in [0.25, 0.3) is 0 Å². The average Bonchev–Trinajstić information content (AvgIpc) is 2.82. The quantitative estimate of drug-likeness (QED) is 0.879. The number of rotatable bonds is 6. The van der Waals surface area contributed by atoms with Crippen LogP contribution in [0, 0.1) is 0 Å². The van der Waals surface area contributed by atoms with Gasteiger partial charge in [-0.3, -0.25) is 4.68 Å². The first-order valence-corrected chi connectivity index (χ1v) is 7.03. The second-order valence-electron chi connectivity index (χ2n) is 5.32. The molecule has 1 N–H and O–H groups in total. The van der Waals surface area contributed by atoms with Crippen LogP contribution in [0.4, 0.5) is 0 Å². The van der Waals surface area contributed by atoms with E-state index >= 15 is 0 Å². The Balaban J connectivity index is 1.90. The lowest BCUT2D eigenvalue weighted by Crippen LogP contribution is -2.18. The molecule has 0 aliphatic rings. The number of aryl methyl sites for hydroxylation is 1. The van der Waals surface area contributed by atoms with Crippen molar-refractivity contribution in [3.63, 3.8) is 0 Å². The van der Waals surface area contributed by atoms with E-state index in [1.165, 1.54) is 5.56 Å². The predicted molar refractivity (Wildman–Crippen MR) is 80.7 cm³/mol. The zero-order chi connectivity index (χ0) is 14.5. The molecule has 0 aliphatic heterocycles. The van der Waals surface area contributed by atoms with E-state index in [-0.39, 0.29) is 12.1 Å². The van der Waals surface area contributed by atoms with Gasteiger partial charge in [-0.1, -0.05) is 12.1 Å². The molecule has 1 unspecified atom stereocenters. The molecular weight excluding hydrogens is 250 g/mol. The third-order valence-corrected chi connectivity index (χ3v) is 3.11. The summed E-state index contributed by atoms with van der Waals surface area (Å²) < 4.78 is 7.47. The molecule has 1 aromatic heterocycles. The monoisotopic (exact) mass is 273 g/mol. The number of hydrogen-bond acceptors (Lipinski definition) is 3. The molecule has 2 rings (SSSR count). The van der Waals surface area contributed by atoms with Crippen molar-refractivity contribution in [2.24, 2.45) is 7.05 Å². The highest BCUT2D eigenvalue weighted by Crippen LogP contribution is 2.18. The zero-order valence-electron chi connectivity index (χ0n) is 12.6. The van der Waals surface area contributed by atoms with E-state index < -0.39 is 0 Å². The Hall–Kier alpha value is -1.81. The van der Waals surface area contributed by atoms with Gasteiger partial charge in [0.05, 0.1) is 11.8 Å². The van der Waals surface area contributed by atoms with Crippen LogP contribution in [-0.2, 0) is 13.6 Å². The highest BCUT2D eigenvalue weighted by atomic mass is 16.5. The number of ether oxygens (including phenoxy) is 1. The van der Waals surface area contributed by atoms with E-state index in [4.69, 9.17) is 4.74 Å². The lowest BCUT2D eigenvalue weighted by Gasteiger charge is -2.15. The van der Waals surface area contributed by atoms with Gasteiger partial charge in [-0.15, -0.1) is 0 Å². The van der Waals surface area contributed by atoms with Gasteiger partial charge in [-0.05, 0) is 44.5 Å². The van der Waals surface area contributed by atoms with Crippen LogP contribution in [-0.4, -0.2) is 15.9 Å². The predicted octanol–water partition coefficient (Wildman–Crippen LogP) is 3.06. The van der Waals surface area contributed by atoms with Crippen molar-refractivity contribution in [2.45, 2.75) is 39.5 Å². The van der Waals surface area contributed by atoms with Crippen molar-refractivity contribution in [3.8, 4) is 5.75 Å². The summed E-state index contributed by atoms with van der Waals surface area (Å²) in [6, 6.07) is 10.6. The maximum absolute atomic E-state index is 5.65. The second kappa shape index (κ2) is 6.57. The second-order valence-corrected chi connectivity index (χ2v) is 5.32. The maximum Gasteiger partial charge on any atom is 0.119 e. The number of benzene rings is 1. The van der Waals surface area contributed by atoms with Crippen molar-refractivity contribution >= 4 is 0 Å². The Morgan fingerprint density at radius 3 is 2.40 bits per heavy atom. The van der Waals surface area contributed by atoms with Crippen LogP contribution in [0.1, 0.15) is 38.1 Å². The molecule has 0 amide bonds. The molecular formula is C16H23N3O. The van der Waals surface area contributed by atoms with Crippen LogP contribution >= 0.6 is 0 Å². The van der Waals surface area contributed by atoms with Gasteiger partial charge in [0.1, 0.15) is 5.75 Å². The average molecular weight is 273 g/mol. The standard InChI is InChI=1S/C16H23N3O/c1-12(2)20-16-7-5-14(6-8-16)13(3)17-11-15-9-10-19(4)18-15/h5-10,12-13,17H,11H2,1-4H3. The molecule has 1 heterocycles. The van der Waals surface area contributed by atoms with E-state index in [2.05, 4.69) is 29.5 Å². The van der Waals surface area contributed by atoms with E-state index in [0.29, 0.717) is 0 Å². The van der Waals surface area contributed by atoms with Crippen molar-refractivity contribution in [3.05, 3.63) is 47.8 Å². The Morgan fingerprint density at radius 2 is 1.85 bits per heavy atom. The lowest BCUT2D eigenvalue weighted by atomic mass is 10.1. The molecule has 2 aromatic rings. The largest absolute Gasteiger partial charge is 0.491 e. The molecule has 0 aliphatic carbocycles. The van der Waals surface area contributed by atoms with Gasteiger partial charge in [-0.2, -0.15) is 5.10 Å². The molecule has 0 saturated heterocycles. The molecule has 0 radical (unpaired) electrons. The number of aromatic nitrogens is 2. The summed E-state index contributed by atoms with van der Waals surface area (Å²) in [5, 5.41) is 7.83. The van der Waals surface area contributed by atoms with Crippen LogP contribution in [0.5, 0.6) is 5.75 Å². The van der Waals surface area contributed by atoms with Gasteiger partial charge >= 0.3 is 0 Å². The van der Waals surface area contributed by atoms with E-state index in [0.717, 1.165) is 18.0 Å². The fraction of sp³-hybridized carbons (Fsp3) is 0.438. The van der Waals surface area contributed by atoms with E-state index in [1.807, 2.05) is 50.0 Å². The lowest BCUT2D eigenvalue weighted by molar-refractivity contribution is 0.242. The number of hydrogen-bond donors (Lipinski definition) is 1. The Bertz CT molecular complexity index is 531. The van der Waals surface area contributed by atoms with E-state index in [1.54, 1.807) is 0 Å². The fourth-order valence-corrected chi connectivity index (χ4v) is 2.04.